The number of nitrogens with one attached hydrogen (secondary N) is 1. The van der Waals surface area contributed by atoms with Crippen LogP contribution in [-0.2, 0) is 4.79 Å². The van der Waals surface area contributed by atoms with Crippen LogP contribution in [0.1, 0.15) is 31.7 Å². The molecule has 0 saturated carbocycles. The Kier molecular flexibility index (Phi) is 5.52. The normalized spacial score (nSPS) is 15.3. The largest absolute Gasteiger partial charge is 0.353 e. The molecule has 1 amide bonds. The van der Waals surface area contributed by atoms with Crippen molar-refractivity contribution in [2.24, 2.45) is 11.1 Å². The number of amides is 1. The maximum absolute atomic E-state index is 12.0. The lowest BCUT2D eigenvalue weighted by Gasteiger charge is -2.28. The molecule has 0 aliphatic rings. The maximum atomic E-state index is 12.0. The van der Waals surface area contributed by atoms with Crippen LogP contribution >= 0.6 is 11.3 Å². The molecule has 1 aromatic heterocycles. The van der Waals surface area contributed by atoms with Crippen molar-refractivity contribution in [3.05, 3.63) is 22.4 Å². The van der Waals surface area contributed by atoms with Gasteiger partial charge in [-0.15, -0.1) is 11.3 Å². The summed E-state index contributed by atoms with van der Waals surface area (Å²) in [5.41, 5.74) is 5.73. The summed E-state index contributed by atoms with van der Waals surface area (Å²) in [4.78, 5) is 15.4. The monoisotopic (exact) mass is 283 g/mol. The Bertz CT molecular complexity index is 395. The van der Waals surface area contributed by atoms with E-state index >= 15 is 0 Å². The lowest BCUT2D eigenvalue weighted by molar-refractivity contribution is -0.124. The van der Waals surface area contributed by atoms with Crippen molar-refractivity contribution in [1.82, 2.24) is 10.2 Å². The van der Waals surface area contributed by atoms with Gasteiger partial charge >= 0.3 is 0 Å². The quantitative estimate of drug-likeness (QED) is 0.867. The molecule has 0 radical (unpaired) electrons. The first-order chi connectivity index (χ1) is 8.73. The number of carbonyl (C=O) groups excluding carboxylic acids is 1. The first-order valence-electron chi connectivity index (χ1n) is 6.46. The highest BCUT2D eigenvalue weighted by atomic mass is 32.1. The summed E-state index contributed by atoms with van der Waals surface area (Å²) in [5, 5.41) is 5.01. The summed E-state index contributed by atoms with van der Waals surface area (Å²) in [7, 11) is 4.03. The predicted molar refractivity (Wildman–Crippen MR) is 81.2 cm³/mol. The van der Waals surface area contributed by atoms with Gasteiger partial charge < -0.3 is 16.0 Å². The zero-order valence-corrected chi connectivity index (χ0v) is 13.3. The molecule has 3 N–H and O–H groups in total. The fourth-order valence-corrected chi connectivity index (χ4v) is 2.64. The van der Waals surface area contributed by atoms with Gasteiger partial charge in [0, 0.05) is 11.4 Å². The van der Waals surface area contributed by atoms with E-state index in [-0.39, 0.29) is 17.4 Å². The van der Waals surface area contributed by atoms with Crippen LogP contribution in [0, 0.1) is 5.41 Å². The van der Waals surface area contributed by atoms with E-state index in [4.69, 9.17) is 5.73 Å². The summed E-state index contributed by atoms with van der Waals surface area (Å²) in [5.74, 6) is -0.0871. The zero-order valence-electron chi connectivity index (χ0n) is 12.4. The van der Waals surface area contributed by atoms with Gasteiger partial charge in [0.1, 0.15) is 0 Å². The highest BCUT2D eigenvalue weighted by Crippen LogP contribution is 2.23. The number of rotatable bonds is 5. The summed E-state index contributed by atoms with van der Waals surface area (Å²) < 4.78 is 0. The molecule has 0 aromatic carbocycles. The number of thiophene rings is 1. The summed E-state index contributed by atoms with van der Waals surface area (Å²) in [6.45, 7) is 6.50. The molecule has 1 rings (SSSR count). The molecule has 0 fully saturated rings. The van der Waals surface area contributed by atoms with E-state index in [0.717, 1.165) is 0 Å². The molecule has 19 heavy (non-hydrogen) atoms. The fraction of sp³-hybridized carbons (Fsp3) is 0.643. The van der Waals surface area contributed by atoms with Crippen LogP contribution in [-0.4, -0.2) is 37.5 Å². The van der Waals surface area contributed by atoms with Crippen molar-refractivity contribution in [3.63, 3.8) is 0 Å². The number of nitrogens with two attached hydrogens (primary N) is 1. The van der Waals surface area contributed by atoms with E-state index in [1.807, 2.05) is 40.9 Å². The van der Waals surface area contributed by atoms with Gasteiger partial charge in [-0.2, -0.15) is 0 Å². The highest BCUT2D eigenvalue weighted by molar-refractivity contribution is 7.10. The minimum Gasteiger partial charge on any atom is -0.353 e. The van der Waals surface area contributed by atoms with Crippen LogP contribution < -0.4 is 11.1 Å². The van der Waals surface area contributed by atoms with Gasteiger partial charge in [-0.25, -0.2) is 0 Å². The van der Waals surface area contributed by atoms with Gasteiger partial charge in [-0.3, -0.25) is 4.79 Å². The van der Waals surface area contributed by atoms with Crippen LogP contribution in [0.5, 0.6) is 0 Å². The van der Waals surface area contributed by atoms with Crippen molar-refractivity contribution >= 4 is 17.2 Å². The van der Waals surface area contributed by atoms with E-state index in [2.05, 4.69) is 21.7 Å². The first kappa shape index (κ1) is 16.1. The van der Waals surface area contributed by atoms with E-state index in [9.17, 15) is 4.79 Å². The molecule has 1 unspecified atom stereocenters. The molecule has 0 bridgehead atoms. The standard InChI is InChI=1S/C14H25N3OS/c1-14(2,3)12(15)13(18)16-9-10(17(4)5)11-7-6-8-19-11/h6-8,10,12H,9,15H2,1-5H3,(H,16,18)/t10?,12-/m1/s1. The van der Waals surface area contributed by atoms with E-state index in [1.165, 1.54) is 4.88 Å². The van der Waals surface area contributed by atoms with E-state index in [1.54, 1.807) is 11.3 Å². The SMILES string of the molecule is CN(C)C(CNC(=O)[C@@H](N)C(C)(C)C)c1cccs1. The van der Waals surface area contributed by atoms with E-state index in [0.29, 0.717) is 6.54 Å². The predicted octanol–water partition coefficient (Wildman–Crippen LogP) is 1.84. The Labute approximate surface area is 120 Å². The zero-order chi connectivity index (χ0) is 14.6. The average Bonchev–Trinajstić information content (AvgIpc) is 2.79. The minimum atomic E-state index is -0.487. The summed E-state index contributed by atoms with van der Waals surface area (Å²) in [6.07, 6.45) is 0. The van der Waals surface area contributed by atoms with E-state index < -0.39 is 6.04 Å². The molecule has 5 heteroatoms. The molecule has 0 aliphatic carbocycles. The molecule has 0 aliphatic heterocycles. The lowest BCUT2D eigenvalue weighted by atomic mass is 9.87. The van der Waals surface area contributed by atoms with Gasteiger partial charge in [-0.05, 0) is 31.0 Å². The summed E-state index contributed by atoms with van der Waals surface area (Å²) in [6, 6.07) is 3.82. The molecule has 4 nitrogen and oxygen atoms in total. The van der Waals surface area contributed by atoms with Gasteiger partial charge in [-0.1, -0.05) is 26.8 Å². The molecule has 108 valence electrons. The minimum absolute atomic E-state index is 0.0871. The second-order valence-electron chi connectivity index (χ2n) is 6.08. The Morgan fingerprint density at radius 1 is 1.47 bits per heavy atom. The average molecular weight is 283 g/mol. The number of hydrogen-bond donors (Lipinski definition) is 2. The maximum Gasteiger partial charge on any atom is 0.237 e. The van der Waals surface area contributed by atoms with Gasteiger partial charge in [0.15, 0.2) is 0 Å². The van der Waals surface area contributed by atoms with Crippen molar-refractivity contribution < 1.29 is 4.79 Å². The van der Waals surface area contributed by atoms with Crippen LogP contribution in [0.4, 0.5) is 0 Å². The number of likely N-dealkylation sites (N-methyl/N-ethyl adjacent to an activating group) is 1. The van der Waals surface area contributed by atoms with Gasteiger partial charge in [0.25, 0.3) is 0 Å². The van der Waals surface area contributed by atoms with Crippen LogP contribution in [0.2, 0.25) is 0 Å². The van der Waals surface area contributed by atoms with Gasteiger partial charge in [0.05, 0.1) is 12.1 Å². The molecule has 0 spiro atoms. The second-order valence-corrected chi connectivity index (χ2v) is 7.06. The second kappa shape index (κ2) is 6.50. The topological polar surface area (TPSA) is 58.4 Å². The smallest absolute Gasteiger partial charge is 0.237 e. The van der Waals surface area contributed by atoms with Crippen LogP contribution in [0.15, 0.2) is 17.5 Å². The van der Waals surface area contributed by atoms with Crippen molar-refractivity contribution in [1.29, 1.82) is 0 Å². The number of carbonyl (C=O) groups is 1. The molecular formula is C14H25N3OS. The summed E-state index contributed by atoms with van der Waals surface area (Å²) >= 11 is 1.70. The Hall–Kier alpha value is -0.910. The molecule has 1 aromatic rings. The Morgan fingerprint density at radius 2 is 2.11 bits per heavy atom. The lowest BCUT2D eigenvalue weighted by Crippen LogP contribution is -2.50. The van der Waals surface area contributed by atoms with Crippen molar-refractivity contribution in [2.45, 2.75) is 32.9 Å². The number of hydrogen-bond acceptors (Lipinski definition) is 4. The van der Waals surface area contributed by atoms with Crippen molar-refractivity contribution in [2.75, 3.05) is 20.6 Å². The third-order valence-corrected chi connectivity index (χ3v) is 4.15. The van der Waals surface area contributed by atoms with Crippen LogP contribution in [0.3, 0.4) is 0 Å². The third kappa shape index (κ3) is 4.60. The third-order valence-electron chi connectivity index (χ3n) is 3.18. The highest BCUT2D eigenvalue weighted by Gasteiger charge is 2.28. The molecule has 0 saturated heterocycles. The fourth-order valence-electron chi connectivity index (χ4n) is 1.72. The number of nitrogens with zero attached hydrogens (tertiary/aromatic N) is 1. The van der Waals surface area contributed by atoms with Gasteiger partial charge in [0.2, 0.25) is 5.91 Å². The van der Waals surface area contributed by atoms with Crippen molar-refractivity contribution in [3.8, 4) is 0 Å². The molecule has 1 heterocycles. The first-order valence-corrected chi connectivity index (χ1v) is 7.34. The molecule has 2 atom stereocenters. The Morgan fingerprint density at radius 3 is 2.53 bits per heavy atom. The Balaban J connectivity index is 2.61. The molecular weight excluding hydrogens is 258 g/mol. The van der Waals surface area contributed by atoms with Crippen LogP contribution in [0.25, 0.3) is 0 Å².